The average molecular weight is 249 g/mol. The third-order valence-corrected chi connectivity index (χ3v) is 3.45. The largest absolute Gasteiger partial charge is 0.480 e. The third-order valence-electron chi connectivity index (χ3n) is 3.45. The van der Waals surface area contributed by atoms with Crippen molar-refractivity contribution in [3.63, 3.8) is 0 Å². The number of carboxylic acid groups (broad SMARTS) is 1. The number of likely N-dealkylation sites (N-methyl/N-ethyl adjacent to an activating group) is 1. The van der Waals surface area contributed by atoms with Gasteiger partial charge in [0.1, 0.15) is 5.54 Å². The van der Waals surface area contributed by atoms with E-state index in [1.54, 1.807) is 0 Å². The first kappa shape index (κ1) is 14.7. The predicted molar refractivity (Wildman–Crippen MR) is 73.7 cm³/mol. The zero-order valence-electron chi connectivity index (χ0n) is 11.7. The van der Waals surface area contributed by atoms with E-state index in [-0.39, 0.29) is 6.04 Å². The van der Waals surface area contributed by atoms with Crippen molar-refractivity contribution in [1.29, 1.82) is 0 Å². The van der Waals surface area contributed by atoms with Crippen LogP contribution in [-0.2, 0) is 11.2 Å². The summed E-state index contributed by atoms with van der Waals surface area (Å²) in [7, 11) is 0. The van der Waals surface area contributed by atoms with Gasteiger partial charge in [-0.15, -0.1) is 0 Å². The topological polar surface area (TPSA) is 40.5 Å². The maximum absolute atomic E-state index is 11.7. The van der Waals surface area contributed by atoms with Crippen LogP contribution in [0.4, 0.5) is 0 Å². The molecule has 0 aliphatic carbocycles. The number of benzene rings is 1. The minimum absolute atomic E-state index is 0.208. The van der Waals surface area contributed by atoms with E-state index in [1.165, 1.54) is 0 Å². The summed E-state index contributed by atoms with van der Waals surface area (Å²) in [5.74, 6) is -0.762. The van der Waals surface area contributed by atoms with Crippen LogP contribution >= 0.6 is 0 Å². The zero-order valence-corrected chi connectivity index (χ0v) is 11.7. The molecular weight excluding hydrogens is 226 g/mol. The van der Waals surface area contributed by atoms with Crippen LogP contribution in [0.25, 0.3) is 0 Å². The summed E-state index contributed by atoms with van der Waals surface area (Å²) in [6, 6.07) is 10.0. The molecule has 0 aliphatic rings. The minimum atomic E-state index is -0.857. The van der Waals surface area contributed by atoms with Gasteiger partial charge in [0.05, 0.1) is 0 Å². The Morgan fingerprint density at radius 2 is 1.89 bits per heavy atom. The van der Waals surface area contributed by atoms with Gasteiger partial charge in [0.15, 0.2) is 0 Å². The monoisotopic (exact) mass is 249 g/mol. The Labute approximate surface area is 109 Å². The van der Waals surface area contributed by atoms with Crippen molar-refractivity contribution in [3.05, 3.63) is 35.9 Å². The summed E-state index contributed by atoms with van der Waals surface area (Å²) >= 11 is 0. The molecule has 0 fully saturated rings. The molecule has 18 heavy (non-hydrogen) atoms. The van der Waals surface area contributed by atoms with Gasteiger partial charge in [0.2, 0.25) is 0 Å². The molecule has 3 nitrogen and oxygen atoms in total. The van der Waals surface area contributed by atoms with E-state index in [0.717, 1.165) is 12.1 Å². The molecule has 0 aromatic heterocycles. The van der Waals surface area contributed by atoms with Gasteiger partial charge in [-0.3, -0.25) is 9.69 Å². The lowest BCUT2D eigenvalue weighted by atomic mass is 9.89. The number of carbonyl (C=O) groups is 1. The Kier molecular flexibility index (Phi) is 4.91. The molecule has 0 heterocycles. The Balaban J connectivity index is 3.04. The maximum atomic E-state index is 11.7. The molecule has 1 N–H and O–H groups in total. The van der Waals surface area contributed by atoms with Crippen molar-refractivity contribution < 1.29 is 9.90 Å². The normalized spacial score (nSPS) is 14.8. The van der Waals surface area contributed by atoms with E-state index < -0.39 is 11.5 Å². The fraction of sp³-hybridized carbons (Fsp3) is 0.533. The first-order valence-corrected chi connectivity index (χ1v) is 6.46. The molecule has 0 aliphatic heterocycles. The van der Waals surface area contributed by atoms with E-state index in [2.05, 4.69) is 0 Å². The number of rotatable bonds is 6. The van der Waals surface area contributed by atoms with Crippen molar-refractivity contribution >= 4 is 5.97 Å². The maximum Gasteiger partial charge on any atom is 0.324 e. The van der Waals surface area contributed by atoms with E-state index in [4.69, 9.17) is 0 Å². The van der Waals surface area contributed by atoms with Crippen molar-refractivity contribution in [3.8, 4) is 0 Å². The van der Waals surface area contributed by atoms with Crippen LogP contribution in [-0.4, -0.2) is 34.1 Å². The lowest BCUT2D eigenvalue weighted by Crippen LogP contribution is -2.56. The van der Waals surface area contributed by atoms with Crippen LogP contribution < -0.4 is 0 Å². The fourth-order valence-electron chi connectivity index (χ4n) is 2.58. The van der Waals surface area contributed by atoms with Crippen molar-refractivity contribution in [2.45, 2.75) is 45.7 Å². The predicted octanol–water partition coefficient (Wildman–Crippen LogP) is 2.80. The Morgan fingerprint density at radius 3 is 2.28 bits per heavy atom. The Morgan fingerprint density at radius 1 is 1.33 bits per heavy atom. The van der Waals surface area contributed by atoms with Crippen LogP contribution in [0.1, 0.15) is 33.3 Å². The first-order valence-electron chi connectivity index (χ1n) is 6.46. The van der Waals surface area contributed by atoms with Crippen LogP contribution in [0.5, 0.6) is 0 Å². The number of hydrogen-bond donors (Lipinski definition) is 1. The molecule has 100 valence electrons. The molecule has 1 atom stereocenters. The van der Waals surface area contributed by atoms with Gasteiger partial charge in [-0.05, 0) is 32.9 Å². The molecule has 1 aromatic rings. The lowest BCUT2D eigenvalue weighted by Gasteiger charge is -2.40. The van der Waals surface area contributed by atoms with E-state index in [9.17, 15) is 9.90 Å². The van der Waals surface area contributed by atoms with Crippen LogP contribution in [0, 0.1) is 0 Å². The SMILES string of the molecule is CCN(C(C)C)C(C)(Cc1ccccc1)C(=O)O. The molecule has 0 bridgehead atoms. The molecule has 0 spiro atoms. The molecule has 0 amide bonds. The van der Waals surface area contributed by atoms with Gasteiger partial charge in [-0.25, -0.2) is 0 Å². The standard InChI is InChI=1S/C15H23NO2/c1-5-16(12(2)3)15(4,14(17)18)11-13-9-7-6-8-10-13/h6-10,12H,5,11H2,1-4H3,(H,17,18). The molecule has 3 heteroatoms. The highest BCUT2D eigenvalue weighted by Crippen LogP contribution is 2.23. The zero-order chi connectivity index (χ0) is 13.8. The van der Waals surface area contributed by atoms with Crippen molar-refractivity contribution in [1.82, 2.24) is 4.90 Å². The van der Waals surface area contributed by atoms with Gasteiger partial charge in [-0.2, -0.15) is 0 Å². The van der Waals surface area contributed by atoms with Gasteiger partial charge in [-0.1, -0.05) is 37.3 Å². The molecular formula is C15H23NO2. The summed E-state index contributed by atoms with van der Waals surface area (Å²) in [6.45, 7) is 8.62. The smallest absolute Gasteiger partial charge is 0.324 e. The molecule has 1 rings (SSSR count). The highest BCUT2D eigenvalue weighted by atomic mass is 16.4. The van der Waals surface area contributed by atoms with Crippen LogP contribution in [0.15, 0.2) is 30.3 Å². The summed E-state index contributed by atoms with van der Waals surface area (Å²) in [5, 5.41) is 9.60. The highest BCUT2D eigenvalue weighted by Gasteiger charge is 2.40. The van der Waals surface area contributed by atoms with E-state index in [0.29, 0.717) is 6.42 Å². The number of hydrogen-bond acceptors (Lipinski definition) is 2. The molecule has 0 radical (unpaired) electrons. The number of nitrogens with zero attached hydrogens (tertiary/aromatic N) is 1. The van der Waals surface area contributed by atoms with E-state index >= 15 is 0 Å². The lowest BCUT2D eigenvalue weighted by molar-refractivity contribution is -0.151. The van der Waals surface area contributed by atoms with Crippen LogP contribution in [0.3, 0.4) is 0 Å². The van der Waals surface area contributed by atoms with E-state index in [1.807, 2.05) is 62.9 Å². The number of carboxylic acids is 1. The minimum Gasteiger partial charge on any atom is -0.480 e. The fourth-order valence-corrected chi connectivity index (χ4v) is 2.58. The molecule has 1 aromatic carbocycles. The molecule has 0 saturated carbocycles. The van der Waals surface area contributed by atoms with Crippen molar-refractivity contribution in [2.75, 3.05) is 6.54 Å². The highest BCUT2D eigenvalue weighted by molar-refractivity contribution is 5.78. The Hall–Kier alpha value is -1.35. The quantitative estimate of drug-likeness (QED) is 0.842. The van der Waals surface area contributed by atoms with Gasteiger partial charge >= 0.3 is 5.97 Å². The second kappa shape index (κ2) is 6.01. The number of aliphatic carboxylic acids is 1. The third kappa shape index (κ3) is 3.10. The molecule has 0 saturated heterocycles. The summed E-state index contributed by atoms with van der Waals surface area (Å²) in [5.41, 5.74) is 0.200. The second-order valence-corrected chi connectivity index (χ2v) is 5.12. The van der Waals surface area contributed by atoms with Crippen LogP contribution in [0.2, 0.25) is 0 Å². The Bertz CT molecular complexity index is 389. The summed E-state index contributed by atoms with van der Waals surface area (Å²) in [6.07, 6.45) is 0.523. The first-order chi connectivity index (χ1) is 8.41. The van der Waals surface area contributed by atoms with Gasteiger partial charge in [0, 0.05) is 12.5 Å². The van der Waals surface area contributed by atoms with Gasteiger partial charge < -0.3 is 5.11 Å². The second-order valence-electron chi connectivity index (χ2n) is 5.12. The summed E-state index contributed by atoms with van der Waals surface area (Å²) < 4.78 is 0. The summed E-state index contributed by atoms with van der Waals surface area (Å²) in [4.78, 5) is 13.7. The van der Waals surface area contributed by atoms with Crippen molar-refractivity contribution in [2.24, 2.45) is 0 Å². The molecule has 1 unspecified atom stereocenters. The van der Waals surface area contributed by atoms with Gasteiger partial charge in [0.25, 0.3) is 0 Å². The average Bonchev–Trinajstić information content (AvgIpc) is 2.30.